The number of anilines is 1. The molecule has 0 saturated heterocycles. The molecule has 0 bridgehead atoms. The largest absolute Gasteiger partial charge is 0.299 e. The first-order chi connectivity index (χ1) is 13.4. The lowest BCUT2D eigenvalue weighted by atomic mass is 10.0. The number of nitrogens with one attached hydrogen (secondary N) is 1. The van der Waals surface area contributed by atoms with Gasteiger partial charge in [-0.2, -0.15) is 0 Å². The maximum atomic E-state index is 13.0. The van der Waals surface area contributed by atoms with Gasteiger partial charge in [0.15, 0.2) is 4.34 Å². The second-order valence-electron chi connectivity index (χ2n) is 6.63. The van der Waals surface area contributed by atoms with Gasteiger partial charge >= 0.3 is 0 Å². The van der Waals surface area contributed by atoms with Crippen LogP contribution in [-0.4, -0.2) is 44.6 Å². The Labute approximate surface area is 171 Å². The Hall–Kier alpha value is -2.52. The number of hydrogen-bond acceptors (Lipinski definition) is 7. The summed E-state index contributed by atoms with van der Waals surface area (Å²) >= 11 is 2.70. The van der Waals surface area contributed by atoms with Crippen molar-refractivity contribution in [1.29, 1.82) is 0 Å². The van der Waals surface area contributed by atoms with Crippen LogP contribution in [0.5, 0.6) is 0 Å². The predicted molar refractivity (Wildman–Crippen MR) is 110 cm³/mol. The van der Waals surface area contributed by atoms with Gasteiger partial charge in [0.25, 0.3) is 11.8 Å². The van der Waals surface area contributed by atoms with Crippen LogP contribution >= 0.6 is 23.1 Å². The van der Waals surface area contributed by atoms with Gasteiger partial charge in [-0.1, -0.05) is 55.2 Å². The fraction of sp³-hybridized carbons (Fsp3) is 0.316. The van der Waals surface area contributed by atoms with Crippen molar-refractivity contribution in [3.63, 3.8) is 0 Å². The summed E-state index contributed by atoms with van der Waals surface area (Å²) < 4.78 is 0.705. The summed E-state index contributed by atoms with van der Waals surface area (Å²) in [6, 6.07) is 5.70. The van der Waals surface area contributed by atoms with Crippen molar-refractivity contribution in [1.82, 2.24) is 15.1 Å². The van der Waals surface area contributed by atoms with Crippen LogP contribution < -0.4 is 5.32 Å². The first kappa shape index (κ1) is 20.2. The fourth-order valence-electron chi connectivity index (χ4n) is 2.90. The second-order valence-corrected chi connectivity index (χ2v) is 8.88. The number of aromatic nitrogens is 2. The average molecular weight is 417 g/mol. The van der Waals surface area contributed by atoms with Crippen LogP contribution in [0.4, 0.5) is 5.13 Å². The van der Waals surface area contributed by atoms with Gasteiger partial charge in [0.1, 0.15) is 6.04 Å². The molecule has 1 aliphatic rings. The third-order valence-corrected chi connectivity index (χ3v) is 6.06. The van der Waals surface area contributed by atoms with Crippen molar-refractivity contribution in [3.8, 4) is 0 Å². The van der Waals surface area contributed by atoms with E-state index >= 15 is 0 Å². The van der Waals surface area contributed by atoms with E-state index in [1.165, 1.54) is 23.1 Å². The van der Waals surface area contributed by atoms with E-state index in [4.69, 9.17) is 0 Å². The van der Waals surface area contributed by atoms with Crippen LogP contribution in [0.3, 0.4) is 0 Å². The molecule has 3 amide bonds. The minimum Gasteiger partial charge on any atom is -0.299 e. The van der Waals surface area contributed by atoms with E-state index in [1.807, 2.05) is 13.8 Å². The van der Waals surface area contributed by atoms with Crippen molar-refractivity contribution < 1.29 is 14.4 Å². The molecule has 1 aromatic carbocycles. The molecule has 0 unspecified atom stereocenters. The van der Waals surface area contributed by atoms with Gasteiger partial charge in [0, 0.05) is 5.75 Å². The lowest BCUT2D eigenvalue weighted by Crippen LogP contribution is -2.47. The van der Waals surface area contributed by atoms with Gasteiger partial charge < -0.3 is 0 Å². The number of thioether (sulfide) groups is 1. The highest BCUT2D eigenvalue weighted by Gasteiger charge is 2.42. The number of carbonyl (C=O) groups is 3. The molecule has 0 fully saturated rings. The van der Waals surface area contributed by atoms with Gasteiger partial charge in [0.2, 0.25) is 11.0 Å². The standard InChI is InChI=1S/C19H20N4O3S2/c1-4-9-27-19-22-21-18(28-19)20-15(24)14(10-11(2)3)23-16(25)12-7-5-6-8-13(12)17(23)26/h4-8,11,14H,1,9-10H2,2-3H3,(H,20,21,24)/t14-/m0/s1. The van der Waals surface area contributed by atoms with Crippen molar-refractivity contribution in [2.75, 3.05) is 11.1 Å². The summed E-state index contributed by atoms with van der Waals surface area (Å²) in [6.45, 7) is 7.53. The molecule has 0 spiro atoms. The van der Waals surface area contributed by atoms with Crippen molar-refractivity contribution >= 4 is 46.0 Å². The zero-order valence-corrected chi connectivity index (χ0v) is 17.2. The third-order valence-electron chi connectivity index (χ3n) is 4.10. The molecule has 146 valence electrons. The monoisotopic (exact) mass is 416 g/mol. The normalized spacial score (nSPS) is 14.3. The molecule has 0 radical (unpaired) electrons. The Morgan fingerprint density at radius 3 is 2.46 bits per heavy atom. The molecule has 9 heteroatoms. The first-order valence-electron chi connectivity index (χ1n) is 8.77. The Morgan fingerprint density at radius 1 is 1.25 bits per heavy atom. The van der Waals surface area contributed by atoms with Gasteiger partial charge in [-0.3, -0.25) is 24.6 Å². The average Bonchev–Trinajstić information content (AvgIpc) is 3.21. The van der Waals surface area contributed by atoms with Crippen molar-refractivity contribution in [3.05, 3.63) is 48.0 Å². The van der Waals surface area contributed by atoms with Crippen LogP contribution in [0.1, 0.15) is 41.0 Å². The lowest BCUT2D eigenvalue weighted by molar-refractivity contribution is -0.120. The second kappa shape index (κ2) is 8.66. The Balaban J connectivity index is 1.81. The molecule has 1 atom stereocenters. The number of carbonyl (C=O) groups excluding carboxylic acids is 3. The van der Waals surface area contributed by atoms with E-state index in [2.05, 4.69) is 22.1 Å². The number of imide groups is 1. The Bertz CT molecular complexity index is 890. The van der Waals surface area contributed by atoms with E-state index < -0.39 is 23.8 Å². The van der Waals surface area contributed by atoms with E-state index in [0.717, 1.165) is 4.90 Å². The molecule has 1 aliphatic heterocycles. The summed E-state index contributed by atoms with van der Waals surface area (Å²) in [5, 5.41) is 11.0. The molecule has 28 heavy (non-hydrogen) atoms. The van der Waals surface area contributed by atoms with Crippen molar-refractivity contribution in [2.24, 2.45) is 5.92 Å². The number of hydrogen-bond donors (Lipinski definition) is 1. The van der Waals surface area contributed by atoms with Gasteiger partial charge in [0.05, 0.1) is 11.1 Å². The van der Waals surface area contributed by atoms with Crippen LogP contribution in [0.25, 0.3) is 0 Å². The quantitative estimate of drug-likeness (QED) is 0.307. The van der Waals surface area contributed by atoms with E-state index in [-0.39, 0.29) is 5.92 Å². The lowest BCUT2D eigenvalue weighted by Gasteiger charge is -2.26. The molecule has 2 heterocycles. The van der Waals surface area contributed by atoms with E-state index in [0.29, 0.717) is 32.8 Å². The summed E-state index contributed by atoms with van der Waals surface area (Å²) in [5.74, 6) is -0.539. The highest BCUT2D eigenvalue weighted by atomic mass is 32.2. The number of amides is 3. The molecule has 7 nitrogen and oxygen atoms in total. The molecular weight excluding hydrogens is 396 g/mol. The minimum absolute atomic E-state index is 0.105. The van der Waals surface area contributed by atoms with Crippen LogP contribution in [0.15, 0.2) is 41.3 Å². The highest BCUT2D eigenvalue weighted by molar-refractivity contribution is 8.01. The summed E-state index contributed by atoms with van der Waals surface area (Å²) in [5.41, 5.74) is 0.654. The van der Waals surface area contributed by atoms with E-state index in [9.17, 15) is 14.4 Å². The Kier molecular flexibility index (Phi) is 6.25. The maximum absolute atomic E-state index is 13.0. The van der Waals surface area contributed by atoms with Gasteiger partial charge in [-0.15, -0.1) is 16.8 Å². The van der Waals surface area contributed by atoms with Crippen LogP contribution in [0, 0.1) is 5.92 Å². The molecular formula is C19H20N4O3S2. The summed E-state index contributed by atoms with van der Waals surface area (Å²) in [7, 11) is 0. The highest BCUT2D eigenvalue weighted by Crippen LogP contribution is 2.29. The number of fused-ring (bicyclic) bond motifs is 1. The number of benzene rings is 1. The summed E-state index contributed by atoms with van der Waals surface area (Å²) in [6.07, 6.45) is 2.11. The summed E-state index contributed by atoms with van der Waals surface area (Å²) in [4.78, 5) is 39.6. The molecule has 0 aliphatic carbocycles. The SMILES string of the molecule is C=CCSc1nnc(NC(=O)[C@H](CC(C)C)N2C(=O)c3ccccc3C2=O)s1. The first-order valence-corrected chi connectivity index (χ1v) is 10.6. The molecule has 3 rings (SSSR count). The molecule has 1 aromatic heterocycles. The minimum atomic E-state index is -0.916. The molecule has 2 aromatic rings. The maximum Gasteiger partial charge on any atom is 0.262 e. The molecule has 1 N–H and O–H groups in total. The van der Waals surface area contributed by atoms with E-state index in [1.54, 1.807) is 30.3 Å². The van der Waals surface area contributed by atoms with Crippen LogP contribution in [-0.2, 0) is 4.79 Å². The third kappa shape index (κ3) is 4.15. The number of rotatable bonds is 8. The smallest absolute Gasteiger partial charge is 0.262 e. The van der Waals surface area contributed by atoms with Crippen LogP contribution in [0.2, 0.25) is 0 Å². The Morgan fingerprint density at radius 2 is 1.89 bits per heavy atom. The fourth-order valence-corrected chi connectivity index (χ4v) is 4.42. The zero-order chi connectivity index (χ0) is 20.3. The predicted octanol–water partition coefficient (Wildman–Crippen LogP) is 3.47. The zero-order valence-electron chi connectivity index (χ0n) is 15.5. The van der Waals surface area contributed by atoms with Gasteiger partial charge in [-0.25, -0.2) is 0 Å². The molecule has 0 saturated carbocycles. The number of nitrogens with zero attached hydrogens (tertiary/aromatic N) is 3. The van der Waals surface area contributed by atoms with Crippen molar-refractivity contribution in [2.45, 2.75) is 30.6 Å². The van der Waals surface area contributed by atoms with Gasteiger partial charge in [-0.05, 0) is 24.5 Å². The topological polar surface area (TPSA) is 92.3 Å².